The molecule has 0 unspecified atom stereocenters. The first-order valence-electron chi connectivity index (χ1n) is 7.76. The Kier molecular flexibility index (Phi) is 5.16. The Morgan fingerprint density at radius 3 is 2.33 bits per heavy atom. The molecule has 0 bridgehead atoms. The zero-order valence-corrected chi connectivity index (χ0v) is 14.4. The lowest BCUT2D eigenvalue weighted by atomic mass is 10.2. The SMILES string of the molecule is COc1cc([N+](=O)[O-])ccc1N1CCN(C(=O)OC(C)(C)C)CC1. The van der Waals surface area contributed by atoms with Crippen molar-refractivity contribution in [1.29, 1.82) is 0 Å². The summed E-state index contributed by atoms with van der Waals surface area (Å²) in [5.41, 5.74) is 0.255. The molecule has 0 aromatic heterocycles. The van der Waals surface area contributed by atoms with Gasteiger partial charge in [-0.3, -0.25) is 10.1 Å². The van der Waals surface area contributed by atoms with Gasteiger partial charge in [0.15, 0.2) is 0 Å². The summed E-state index contributed by atoms with van der Waals surface area (Å²) in [4.78, 5) is 26.2. The Balaban J connectivity index is 2.04. The average Bonchev–Trinajstić information content (AvgIpc) is 2.52. The number of anilines is 1. The number of nitrogens with zero attached hydrogens (tertiary/aromatic N) is 3. The Hall–Kier alpha value is -2.51. The molecular weight excluding hydrogens is 314 g/mol. The second kappa shape index (κ2) is 6.94. The van der Waals surface area contributed by atoms with Gasteiger partial charge in [-0.1, -0.05) is 0 Å². The fourth-order valence-corrected chi connectivity index (χ4v) is 2.50. The molecule has 132 valence electrons. The zero-order chi connectivity index (χ0) is 17.9. The van der Waals surface area contributed by atoms with Crippen molar-refractivity contribution < 1.29 is 19.2 Å². The minimum absolute atomic E-state index is 0.0111. The minimum Gasteiger partial charge on any atom is -0.494 e. The van der Waals surface area contributed by atoms with E-state index < -0.39 is 10.5 Å². The maximum Gasteiger partial charge on any atom is 0.410 e. The zero-order valence-electron chi connectivity index (χ0n) is 14.4. The van der Waals surface area contributed by atoms with Crippen LogP contribution < -0.4 is 9.64 Å². The lowest BCUT2D eigenvalue weighted by Crippen LogP contribution is -2.50. The van der Waals surface area contributed by atoms with Gasteiger partial charge in [0.05, 0.1) is 23.8 Å². The van der Waals surface area contributed by atoms with Crippen molar-refractivity contribution in [2.24, 2.45) is 0 Å². The molecule has 8 nitrogen and oxygen atoms in total. The molecule has 1 aromatic carbocycles. The topological polar surface area (TPSA) is 85.2 Å². The summed E-state index contributed by atoms with van der Waals surface area (Å²) in [5, 5.41) is 10.9. The van der Waals surface area contributed by atoms with E-state index in [2.05, 4.69) is 0 Å². The lowest BCUT2D eigenvalue weighted by Gasteiger charge is -2.37. The van der Waals surface area contributed by atoms with E-state index >= 15 is 0 Å². The van der Waals surface area contributed by atoms with Gasteiger partial charge >= 0.3 is 6.09 Å². The number of methoxy groups -OCH3 is 1. The highest BCUT2D eigenvalue weighted by molar-refractivity contribution is 5.69. The largest absolute Gasteiger partial charge is 0.494 e. The van der Waals surface area contributed by atoms with Crippen molar-refractivity contribution in [2.75, 3.05) is 38.2 Å². The standard InChI is InChI=1S/C16H23N3O5/c1-16(2,3)24-15(20)18-9-7-17(8-10-18)13-6-5-12(19(21)22)11-14(13)23-4/h5-6,11H,7-10H2,1-4H3. The number of nitro benzene ring substituents is 1. The predicted molar refractivity (Wildman–Crippen MR) is 89.7 cm³/mol. The Morgan fingerprint density at radius 2 is 1.83 bits per heavy atom. The molecule has 0 N–H and O–H groups in total. The number of carbonyl (C=O) groups is 1. The smallest absolute Gasteiger partial charge is 0.410 e. The molecule has 0 atom stereocenters. The summed E-state index contributed by atoms with van der Waals surface area (Å²) in [5.74, 6) is 0.454. The number of non-ortho nitro benzene ring substituents is 1. The van der Waals surface area contributed by atoms with Crippen LogP contribution in [0.1, 0.15) is 20.8 Å². The number of rotatable bonds is 3. The van der Waals surface area contributed by atoms with Crippen molar-refractivity contribution in [3.63, 3.8) is 0 Å². The maximum absolute atomic E-state index is 12.1. The third-order valence-corrected chi connectivity index (χ3v) is 3.65. The fraction of sp³-hybridized carbons (Fsp3) is 0.562. The Morgan fingerprint density at radius 1 is 1.21 bits per heavy atom. The first-order valence-corrected chi connectivity index (χ1v) is 7.76. The number of amides is 1. The van der Waals surface area contributed by atoms with Crippen LogP contribution in [0.3, 0.4) is 0 Å². The van der Waals surface area contributed by atoms with Gasteiger partial charge in [-0.25, -0.2) is 4.79 Å². The third-order valence-electron chi connectivity index (χ3n) is 3.65. The number of nitro groups is 1. The van der Waals surface area contributed by atoms with Crippen LogP contribution in [-0.2, 0) is 4.74 Å². The molecule has 0 spiro atoms. The number of piperazine rings is 1. The van der Waals surface area contributed by atoms with Crippen molar-refractivity contribution in [1.82, 2.24) is 4.90 Å². The number of hydrogen-bond acceptors (Lipinski definition) is 6. The van der Waals surface area contributed by atoms with E-state index in [1.54, 1.807) is 11.0 Å². The second-order valence-corrected chi connectivity index (χ2v) is 6.57. The molecule has 1 aliphatic heterocycles. The highest BCUT2D eigenvalue weighted by Gasteiger charge is 2.27. The van der Waals surface area contributed by atoms with E-state index in [1.165, 1.54) is 19.2 Å². The number of hydrogen-bond donors (Lipinski definition) is 0. The molecule has 1 aromatic rings. The van der Waals surface area contributed by atoms with Crippen LogP contribution in [0.4, 0.5) is 16.2 Å². The molecule has 0 radical (unpaired) electrons. The van der Waals surface area contributed by atoms with Gasteiger partial charge in [-0.05, 0) is 26.8 Å². The van der Waals surface area contributed by atoms with Gasteiger partial charge in [0, 0.05) is 32.2 Å². The summed E-state index contributed by atoms with van der Waals surface area (Å²) in [7, 11) is 1.49. The van der Waals surface area contributed by atoms with Crippen LogP contribution in [0.2, 0.25) is 0 Å². The molecule has 1 heterocycles. The molecule has 0 aliphatic carbocycles. The van der Waals surface area contributed by atoms with Crippen LogP contribution in [0.5, 0.6) is 5.75 Å². The second-order valence-electron chi connectivity index (χ2n) is 6.57. The fourth-order valence-electron chi connectivity index (χ4n) is 2.50. The molecule has 1 amide bonds. The van der Waals surface area contributed by atoms with Gasteiger partial charge in [0.2, 0.25) is 0 Å². The van der Waals surface area contributed by atoms with E-state index in [0.29, 0.717) is 31.9 Å². The average molecular weight is 337 g/mol. The van der Waals surface area contributed by atoms with E-state index in [9.17, 15) is 14.9 Å². The van der Waals surface area contributed by atoms with E-state index in [-0.39, 0.29) is 11.8 Å². The highest BCUT2D eigenvalue weighted by atomic mass is 16.6. The summed E-state index contributed by atoms with van der Waals surface area (Å²) >= 11 is 0. The van der Waals surface area contributed by atoms with Crippen molar-refractivity contribution in [3.05, 3.63) is 28.3 Å². The Labute approximate surface area is 141 Å². The quantitative estimate of drug-likeness (QED) is 0.623. The molecule has 1 saturated heterocycles. The first kappa shape index (κ1) is 17.8. The summed E-state index contributed by atoms with van der Waals surface area (Å²) in [6, 6.07) is 4.55. The Bertz CT molecular complexity index is 619. The molecule has 0 saturated carbocycles. The molecule has 8 heteroatoms. The van der Waals surface area contributed by atoms with Crippen LogP contribution in [0.15, 0.2) is 18.2 Å². The van der Waals surface area contributed by atoms with Crippen LogP contribution >= 0.6 is 0 Å². The summed E-state index contributed by atoms with van der Waals surface area (Å²) < 4.78 is 10.7. The molecule has 1 fully saturated rings. The minimum atomic E-state index is -0.518. The molecule has 24 heavy (non-hydrogen) atoms. The summed E-state index contributed by atoms with van der Waals surface area (Å²) in [6.07, 6.45) is -0.321. The van der Waals surface area contributed by atoms with Crippen molar-refractivity contribution in [3.8, 4) is 5.75 Å². The van der Waals surface area contributed by atoms with Gasteiger partial charge < -0.3 is 19.3 Å². The van der Waals surface area contributed by atoms with E-state index in [4.69, 9.17) is 9.47 Å². The van der Waals surface area contributed by atoms with Gasteiger partial charge in [0.1, 0.15) is 11.4 Å². The van der Waals surface area contributed by atoms with Crippen molar-refractivity contribution >= 4 is 17.5 Å². The van der Waals surface area contributed by atoms with Gasteiger partial charge in [-0.2, -0.15) is 0 Å². The van der Waals surface area contributed by atoms with E-state index in [0.717, 1.165) is 5.69 Å². The molecule has 2 rings (SSSR count). The van der Waals surface area contributed by atoms with E-state index in [1.807, 2.05) is 25.7 Å². The van der Waals surface area contributed by atoms with Crippen LogP contribution in [0, 0.1) is 10.1 Å². The number of benzene rings is 1. The monoisotopic (exact) mass is 337 g/mol. The normalized spacial score (nSPS) is 15.2. The number of ether oxygens (including phenoxy) is 2. The summed E-state index contributed by atoms with van der Waals surface area (Å²) in [6.45, 7) is 7.76. The predicted octanol–water partition coefficient (Wildman–Crippen LogP) is 2.66. The maximum atomic E-state index is 12.1. The lowest BCUT2D eigenvalue weighted by molar-refractivity contribution is -0.384. The van der Waals surface area contributed by atoms with Crippen LogP contribution in [0.25, 0.3) is 0 Å². The number of carbonyl (C=O) groups excluding carboxylic acids is 1. The van der Waals surface area contributed by atoms with Gasteiger partial charge in [-0.15, -0.1) is 0 Å². The molecule has 1 aliphatic rings. The van der Waals surface area contributed by atoms with Crippen LogP contribution in [-0.4, -0.2) is 54.8 Å². The first-order chi connectivity index (χ1) is 11.2. The highest BCUT2D eigenvalue weighted by Crippen LogP contribution is 2.32. The third kappa shape index (κ3) is 4.27. The van der Waals surface area contributed by atoms with Gasteiger partial charge in [0.25, 0.3) is 5.69 Å². The van der Waals surface area contributed by atoms with Crippen molar-refractivity contribution in [2.45, 2.75) is 26.4 Å². The molecular formula is C16H23N3O5.